The average Bonchev–Trinajstić information content (AvgIpc) is 2.69. The van der Waals surface area contributed by atoms with Gasteiger partial charge in [0.2, 0.25) is 0 Å². The number of rotatable bonds is 17. The topological polar surface area (TPSA) is 162 Å². The van der Waals surface area contributed by atoms with Crippen LogP contribution in [0.4, 0.5) is 0 Å². The van der Waals surface area contributed by atoms with E-state index in [1.807, 2.05) is 14.1 Å². The third-order valence-corrected chi connectivity index (χ3v) is 20.6. The predicted molar refractivity (Wildman–Crippen MR) is 118 cm³/mol. The van der Waals surface area contributed by atoms with Crippen molar-refractivity contribution in [1.82, 2.24) is 5.32 Å². The van der Waals surface area contributed by atoms with Crippen LogP contribution in [0.1, 0.15) is 40.5 Å². The summed E-state index contributed by atoms with van der Waals surface area (Å²) in [5, 5.41) is 3.32. The van der Waals surface area contributed by atoms with Crippen molar-refractivity contribution in [2.45, 2.75) is 49.9 Å². The molecular formula is C18H51I2N7O5. The van der Waals surface area contributed by atoms with E-state index in [-0.39, 0.29) is 14.7 Å². The summed E-state index contributed by atoms with van der Waals surface area (Å²) < 4.78 is 14.8. The third kappa shape index (κ3) is 8.89. The number of nitrogens with one attached hydrogen (secondary N) is 1. The molecule has 14 heteroatoms. The van der Waals surface area contributed by atoms with Crippen molar-refractivity contribution in [1.29, 1.82) is 0 Å². The summed E-state index contributed by atoms with van der Waals surface area (Å²) in [6, 6.07) is 0. The Labute approximate surface area is 203 Å². The van der Waals surface area contributed by atoms with Crippen LogP contribution >= 0.6 is 0 Å². The molecule has 0 fully saturated rings. The number of nitrogens with zero attached hydrogens (tertiary/aromatic N) is 2. The van der Waals surface area contributed by atoms with E-state index in [0.717, 1.165) is 23.8 Å². The van der Waals surface area contributed by atoms with Crippen molar-refractivity contribution in [3.63, 3.8) is 0 Å². The molecule has 2 unspecified atom stereocenters. The van der Waals surface area contributed by atoms with Crippen LogP contribution in [-0.2, 0) is 20.9 Å². The molecule has 0 amide bonds. The number of quaternary nitrogens is 2. The van der Waals surface area contributed by atoms with Gasteiger partial charge in [0.15, 0.2) is 0 Å². The summed E-state index contributed by atoms with van der Waals surface area (Å²) in [5.74, 6) is 21.8. The number of hydrogen-bond acceptors (Lipinski definition) is 10. The van der Waals surface area contributed by atoms with Crippen molar-refractivity contribution in [3.8, 4) is 0 Å². The fraction of sp³-hybridized carbons (Fsp3) is 1.00. The van der Waals surface area contributed by atoms with E-state index in [4.69, 9.17) is 29.7 Å². The Morgan fingerprint density at radius 1 is 0.844 bits per heavy atom. The standard InChI is InChI=1S/C18H51I2N7O5/c1-11-17(3,20(7,8)29-18(4,12-2)26(9,10)21)28-19(5,6)13-14-25-15-16-27(30-22,31-23)32-24/h25H,11-16,21-24H2,1-10H3. The van der Waals surface area contributed by atoms with Gasteiger partial charge < -0.3 is 0 Å². The van der Waals surface area contributed by atoms with Gasteiger partial charge in [0.25, 0.3) is 0 Å². The molecule has 0 spiro atoms. The molecule has 0 saturated heterocycles. The molecule has 0 aromatic heterocycles. The van der Waals surface area contributed by atoms with Crippen LogP contribution in [0.15, 0.2) is 0 Å². The summed E-state index contributed by atoms with van der Waals surface area (Å²) >= 11 is -5.35. The molecule has 0 heterocycles. The minimum absolute atomic E-state index is 0.169. The van der Waals surface area contributed by atoms with Crippen LogP contribution in [0.3, 0.4) is 0 Å². The quantitative estimate of drug-likeness (QED) is 0.0188. The van der Waals surface area contributed by atoms with Crippen molar-refractivity contribution in [2.24, 2.45) is 23.5 Å². The number of hydroxylamine groups is 3. The minimum atomic E-state index is -2.84. The first-order valence-corrected chi connectivity index (χ1v) is 23.5. The zero-order valence-corrected chi connectivity index (χ0v) is 26.1. The Morgan fingerprint density at radius 2 is 1.34 bits per heavy atom. The fourth-order valence-electron chi connectivity index (χ4n) is 2.84. The Kier molecular flexibility index (Phi) is 13.2. The van der Waals surface area contributed by atoms with Crippen LogP contribution in [0.2, 0.25) is 0 Å². The second-order valence-corrected chi connectivity index (χ2v) is 27.6. The van der Waals surface area contributed by atoms with E-state index in [1.54, 1.807) is 0 Å². The first-order valence-electron chi connectivity index (χ1n) is 10.5. The Morgan fingerprint density at radius 3 is 1.72 bits per heavy atom. The fourth-order valence-corrected chi connectivity index (χ4v) is 19.1. The van der Waals surface area contributed by atoms with Crippen molar-refractivity contribution in [3.05, 3.63) is 0 Å². The molecule has 9 N–H and O–H groups in total. The SMILES string of the molecule is CCC(C)(O[I-](C)(C)C(C)(CC)O[I-](C)(C)CCNCC[N+](ON)(ON)ON)[N+](C)(C)N. The average molecular weight is 699 g/mol. The van der Waals surface area contributed by atoms with Crippen molar-refractivity contribution >= 4 is 0 Å². The van der Waals surface area contributed by atoms with E-state index >= 15 is 0 Å². The zero-order chi connectivity index (χ0) is 25.5. The van der Waals surface area contributed by atoms with Gasteiger partial charge in [-0.25, -0.2) is 0 Å². The summed E-state index contributed by atoms with van der Waals surface area (Å²) in [4.78, 5) is 21.8. The molecule has 0 saturated carbocycles. The van der Waals surface area contributed by atoms with E-state index in [0.29, 0.717) is 6.54 Å². The zero-order valence-electron chi connectivity index (χ0n) is 21.7. The summed E-state index contributed by atoms with van der Waals surface area (Å²) in [6.07, 6.45) is 1.72. The van der Waals surface area contributed by atoms with Gasteiger partial charge in [0, 0.05) is 0 Å². The number of nitrogens with two attached hydrogens (primary N) is 4. The van der Waals surface area contributed by atoms with E-state index in [2.05, 4.69) is 67.5 Å². The molecule has 2 atom stereocenters. The van der Waals surface area contributed by atoms with Gasteiger partial charge >= 0.3 is 205 Å². The molecule has 0 bridgehead atoms. The second kappa shape index (κ2) is 12.8. The number of hydrogen-bond donors (Lipinski definition) is 5. The molecule has 0 radical (unpaired) electrons. The van der Waals surface area contributed by atoms with E-state index in [1.165, 1.54) is 0 Å². The maximum atomic E-state index is 6.96. The molecular weight excluding hydrogens is 648 g/mol. The predicted octanol–water partition coefficient (Wildman–Crippen LogP) is -6.29. The molecule has 12 nitrogen and oxygen atoms in total. The molecule has 0 rings (SSSR count). The molecule has 0 aliphatic carbocycles. The molecule has 0 aliphatic rings. The Balaban J connectivity index is 5.13. The molecule has 0 aromatic carbocycles. The third-order valence-electron chi connectivity index (χ3n) is 5.97. The van der Waals surface area contributed by atoms with Crippen LogP contribution < -0.4 is 66.5 Å². The van der Waals surface area contributed by atoms with Crippen LogP contribution in [0.5, 0.6) is 0 Å². The first kappa shape index (κ1) is 33.0. The van der Waals surface area contributed by atoms with Gasteiger partial charge in [-0.2, -0.15) is 0 Å². The maximum absolute atomic E-state index is 6.96. The van der Waals surface area contributed by atoms with Gasteiger partial charge in [-0.15, -0.1) is 0 Å². The van der Waals surface area contributed by atoms with Crippen molar-refractivity contribution < 1.29 is 68.2 Å². The van der Waals surface area contributed by atoms with Gasteiger partial charge in [0.05, 0.1) is 0 Å². The van der Waals surface area contributed by atoms with Crippen molar-refractivity contribution in [2.75, 3.05) is 57.9 Å². The molecule has 0 aliphatic heterocycles. The Hall–Kier alpha value is 0.980. The van der Waals surface area contributed by atoms with E-state index in [9.17, 15) is 0 Å². The second-order valence-electron chi connectivity index (χ2n) is 9.24. The summed E-state index contributed by atoms with van der Waals surface area (Å²) in [5.41, 5.74) is -0.469. The van der Waals surface area contributed by atoms with Gasteiger partial charge in [-0.1, -0.05) is 0 Å². The molecule has 202 valence electrons. The van der Waals surface area contributed by atoms with Crippen LogP contribution in [-0.4, -0.2) is 76.8 Å². The monoisotopic (exact) mass is 699 g/mol. The molecule has 0 aromatic rings. The Bertz CT molecular complexity index is 556. The van der Waals surface area contributed by atoms with Gasteiger partial charge in [-0.05, 0) is 0 Å². The molecule has 32 heavy (non-hydrogen) atoms. The first-order chi connectivity index (χ1) is 14.4. The van der Waals surface area contributed by atoms with Gasteiger partial charge in [-0.3, -0.25) is 0 Å². The van der Waals surface area contributed by atoms with Crippen LogP contribution in [0.25, 0.3) is 0 Å². The van der Waals surface area contributed by atoms with Gasteiger partial charge in [0.1, 0.15) is 0 Å². The normalized spacial score (nSPS) is 18.8. The summed E-state index contributed by atoms with van der Waals surface area (Å²) in [6.45, 7) is 10.0. The number of halogens is 2. The van der Waals surface area contributed by atoms with Crippen LogP contribution in [0, 0.1) is 0 Å². The summed E-state index contributed by atoms with van der Waals surface area (Å²) in [7, 11) is 3.96. The number of alkyl halides is 6. The van der Waals surface area contributed by atoms with E-state index < -0.39 is 48.4 Å².